The van der Waals surface area contributed by atoms with Crippen molar-refractivity contribution >= 4 is 33.7 Å². The summed E-state index contributed by atoms with van der Waals surface area (Å²) in [6.07, 6.45) is 0. The van der Waals surface area contributed by atoms with Gasteiger partial charge in [0.2, 0.25) is 5.43 Å². The van der Waals surface area contributed by atoms with Crippen molar-refractivity contribution in [3.05, 3.63) is 65.7 Å². The van der Waals surface area contributed by atoms with Crippen LogP contribution in [0.15, 0.2) is 60.3 Å². The molecule has 2 aromatic carbocycles. The molecule has 0 unspecified atom stereocenters. The number of rotatable bonds is 5. The summed E-state index contributed by atoms with van der Waals surface area (Å²) in [4.78, 5) is 56.3. The average molecular weight is 352 g/mol. The highest BCUT2D eigenvalue weighted by Gasteiger charge is 2.21. The second kappa shape index (κ2) is 6.51. The van der Waals surface area contributed by atoms with Gasteiger partial charge >= 0.3 is 0 Å². The molecule has 0 saturated heterocycles. The van der Waals surface area contributed by atoms with E-state index >= 15 is 0 Å². The van der Waals surface area contributed by atoms with E-state index < -0.39 is 11.1 Å². The first-order valence-corrected chi connectivity index (χ1v) is 7.13. The normalized spacial score (nSPS) is 10.5. The standard InChI is InChI=1S/C16H8N4O6/c1-7-4-8(2-3-10(7)18-23)16-14(20-25)15(21)13-11(19-24)5-9(17-22)6-12(13)26-16/h2-6H,1H3. The van der Waals surface area contributed by atoms with Crippen molar-refractivity contribution in [2.75, 3.05) is 0 Å². The minimum Gasteiger partial charge on any atom is -0.453 e. The molecule has 0 saturated carbocycles. The lowest BCUT2D eigenvalue weighted by Crippen LogP contribution is -2.03. The molecule has 0 fully saturated rings. The molecule has 0 spiro atoms. The third-order valence-corrected chi connectivity index (χ3v) is 3.79. The van der Waals surface area contributed by atoms with Gasteiger partial charge in [-0.25, -0.2) is 0 Å². The monoisotopic (exact) mass is 352 g/mol. The fourth-order valence-electron chi connectivity index (χ4n) is 2.58. The maximum atomic E-state index is 12.6. The zero-order valence-electron chi connectivity index (χ0n) is 13.1. The fourth-order valence-corrected chi connectivity index (χ4v) is 2.58. The molecule has 0 atom stereocenters. The van der Waals surface area contributed by atoms with E-state index in [-0.39, 0.29) is 39.4 Å². The Balaban J connectivity index is 2.43. The summed E-state index contributed by atoms with van der Waals surface area (Å²) in [6.45, 7) is 1.61. The largest absolute Gasteiger partial charge is 0.453 e. The number of hydrogen-bond acceptors (Lipinski definition) is 10. The van der Waals surface area contributed by atoms with Gasteiger partial charge in [-0.15, -0.1) is 19.6 Å². The SMILES string of the molecule is Cc1cc(-c2oc3cc(N=O)cc(N=O)c3c(=O)c2N=O)ccc1N=O. The molecule has 0 aliphatic rings. The Kier molecular flexibility index (Phi) is 4.23. The summed E-state index contributed by atoms with van der Waals surface area (Å²) in [5, 5.41) is 10.7. The molecule has 3 aromatic rings. The predicted octanol–water partition coefficient (Wildman–Crippen LogP) is 5.36. The van der Waals surface area contributed by atoms with Crippen LogP contribution in [0.1, 0.15) is 5.56 Å². The molecule has 1 heterocycles. The number of fused-ring (bicyclic) bond motifs is 1. The molecule has 0 aliphatic heterocycles. The van der Waals surface area contributed by atoms with Crippen molar-refractivity contribution < 1.29 is 4.42 Å². The molecule has 10 nitrogen and oxygen atoms in total. The molecule has 10 heteroatoms. The molecule has 128 valence electrons. The van der Waals surface area contributed by atoms with Crippen LogP contribution in [0.25, 0.3) is 22.3 Å². The van der Waals surface area contributed by atoms with Gasteiger partial charge in [0.15, 0.2) is 11.4 Å². The van der Waals surface area contributed by atoms with Gasteiger partial charge < -0.3 is 4.42 Å². The Labute approximate surface area is 143 Å². The van der Waals surface area contributed by atoms with E-state index in [1.165, 1.54) is 18.2 Å². The lowest BCUT2D eigenvalue weighted by atomic mass is 10.0. The smallest absolute Gasteiger partial charge is 0.224 e. The molecule has 0 radical (unpaired) electrons. The second-order valence-corrected chi connectivity index (χ2v) is 5.31. The maximum Gasteiger partial charge on any atom is 0.224 e. The zero-order chi connectivity index (χ0) is 18.8. The first-order valence-electron chi connectivity index (χ1n) is 7.13. The highest BCUT2D eigenvalue weighted by Crippen LogP contribution is 2.37. The number of benzene rings is 2. The van der Waals surface area contributed by atoms with Crippen LogP contribution in [0, 0.1) is 26.6 Å². The van der Waals surface area contributed by atoms with Crippen LogP contribution in [0.5, 0.6) is 0 Å². The van der Waals surface area contributed by atoms with Gasteiger partial charge in [0.1, 0.15) is 22.6 Å². The Morgan fingerprint density at radius 1 is 0.846 bits per heavy atom. The Morgan fingerprint density at radius 2 is 1.58 bits per heavy atom. The summed E-state index contributed by atoms with van der Waals surface area (Å²) in [5.74, 6) is -0.182. The van der Waals surface area contributed by atoms with E-state index in [0.29, 0.717) is 5.56 Å². The van der Waals surface area contributed by atoms with Crippen molar-refractivity contribution in [3.8, 4) is 11.3 Å². The summed E-state index contributed by atoms with van der Waals surface area (Å²) in [6, 6.07) is 6.44. The highest BCUT2D eigenvalue weighted by molar-refractivity contribution is 5.95. The fraction of sp³-hybridized carbons (Fsp3) is 0.0625. The van der Waals surface area contributed by atoms with Crippen molar-refractivity contribution in [1.82, 2.24) is 0 Å². The van der Waals surface area contributed by atoms with Crippen molar-refractivity contribution in [1.29, 1.82) is 0 Å². The van der Waals surface area contributed by atoms with Gasteiger partial charge in [0.25, 0.3) is 0 Å². The van der Waals surface area contributed by atoms with E-state index in [0.717, 1.165) is 12.1 Å². The van der Waals surface area contributed by atoms with Crippen molar-refractivity contribution in [2.24, 2.45) is 20.7 Å². The Bertz CT molecular complexity index is 1150. The molecule has 0 N–H and O–H groups in total. The van der Waals surface area contributed by atoms with Crippen molar-refractivity contribution in [2.45, 2.75) is 6.92 Å². The van der Waals surface area contributed by atoms with Gasteiger partial charge in [0, 0.05) is 11.6 Å². The summed E-state index contributed by atoms with van der Waals surface area (Å²) in [7, 11) is 0. The zero-order valence-corrected chi connectivity index (χ0v) is 13.1. The van der Waals surface area contributed by atoms with Crippen LogP contribution in [-0.4, -0.2) is 0 Å². The summed E-state index contributed by atoms with van der Waals surface area (Å²) >= 11 is 0. The molecule has 1 aromatic heterocycles. The quantitative estimate of drug-likeness (QED) is 0.564. The molecule has 3 rings (SSSR count). The minimum absolute atomic E-state index is 0.153. The van der Waals surface area contributed by atoms with Gasteiger partial charge in [-0.3, -0.25) is 4.79 Å². The number of nitroso groups, excluding NO2 is 4. The maximum absolute atomic E-state index is 12.6. The van der Waals surface area contributed by atoms with Crippen LogP contribution in [0.2, 0.25) is 0 Å². The lowest BCUT2D eigenvalue weighted by Gasteiger charge is -2.08. The third kappa shape index (κ3) is 2.59. The molecule has 26 heavy (non-hydrogen) atoms. The van der Waals surface area contributed by atoms with Crippen LogP contribution < -0.4 is 5.43 Å². The molecule has 0 aliphatic carbocycles. The molecular weight excluding hydrogens is 344 g/mol. The van der Waals surface area contributed by atoms with Crippen LogP contribution in [0.4, 0.5) is 22.7 Å². The van der Waals surface area contributed by atoms with E-state index in [4.69, 9.17) is 4.42 Å². The minimum atomic E-state index is -0.876. The van der Waals surface area contributed by atoms with Gasteiger partial charge in [0.05, 0.1) is 5.39 Å². The van der Waals surface area contributed by atoms with Crippen molar-refractivity contribution in [3.63, 3.8) is 0 Å². The topological polar surface area (TPSA) is 148 Å². The Hall–Kier alpha value is -3.95. The molecular formula is C16H8N4O6. The van der Waals surface area contributed by atoms with Crippen LogP contribution >= 0.6 is 0 Å². The van der Waals surface area contributed by atoms with E-state index in [1.54, 1.807) is 6.92 Å². The third-order valence-electron chi connectivity index (χ3n) is 3.79. The predicted molar refractivity (Wildman–Crippen MR) is 94.5 cm³/mol. The van der Waals surface area contributed by atoms with Gasteiger partial charge in [-0.2, -0.15) is 0 Å². The van der Waals surface area contributed by atoms with Gasteiger partial charge in [-0.1, -0.05) is 0 Å². The van der Waals surface area contributed by atoms with E-state index in [2.05, 4.69) is 20.7 Å². The highest BCUT2D eigenvalue weighted by atomic mass is 16.3. The van der Waals surface area contributed by atoms with Gasteiger partial charge in [-0.05, 0) is 57.5 Å². The second-order valence-electron chi connectivity index (χ2n) is 5.31. The summed E-state index contributed by atoms with van der Waals surface area (Å²) in [5.41, 5.74) is -1.22. The number of nitrogens with zero attached hydrogens (tertiary/aromatic N) is 4. The first kappa shape index (κ1) is 16.9. The van der Waals surface area contributed by atoms with Crippen LogP contribution in [0.3, 0.4) is 0 Å². The summed E-state index contributed by atoms with van der Waals surface area (Å²) < 4.78 is 5.56. The number of aryl methyl sites for hydroxylation is 1. The Morgan fingerprint density at radius 3 is 2.15 bits per heavy atom. The van der Waals surface area contributed by atoms with E-state index in [1.807, 2.05) is 0 Å². The molecule has 0 bridgehead atoms. The van der Waals surface area contributed by atoms with Crippen LogP contribution in [-0.2, 0) is 0 Å². The molecule has 0 amide bonds. The lowest BCUT2D eigenvalue weighted by molar-refractivity contribution is 0.620. The van der Waals surface area contributed by atoms with E-state index in [9.17, 15) is 24.4 Å². The average Bonchev–Trinajstić information content (AvgIpc) is 2.66. The number of hydrogen-bond donors (Lipinski definition) is 0. The first-order chi connectivity index (χ1) is 12.5.